The lowest BCUT2D eigenvalue weighted by atomic mass is 10.1. The monoisotopic (exact) mass is 293 g/mol. The summed E-state index contributed by atoms with van der Waals surface area (Å²) in [6.45, 7) is 5.39. The molecule has 0 atom stereocenters. The molecule has 0 aliphatic carbocycles. The first-order chi connectivity index (χ1) is 9.36. The first-order valence-corrected chi connectivity index (χ1v) is 6.76. The van der Waals surface area contributed by atoms with Crippen LogP contribution < -0.4 is 16.0 Å². The third-order valence-electron chi connectivity index (χ3n) is 2.31. The molecule has 0 aromatic heterocycles. The van der Waals surface area contributed by atoms with E-state index in [1.54, 1.807) is 24.3 Å². The molecule has 1 aromatic carbocycles. The maximum absolute atomic E-state index is 11.5. The number of carbonyl (C=O) groups is 2. The van der Waals surface area contributed by atoms with Crippen LogP contribution in [-0.2, 0) is 9.59 Å². The Morgan fingerprint density at radius 2 is 1.60 bits per heavy atom. The van der Waals surface area contributed by atoms with Crippen LogP contribution in [0.5, 0.6) is 0 Å². The highest BCUT2D eigenvalue weighted by atomic mass is 32.1. The Bertz CT molecular complexity index is 498. The number of benzene rings is 1. The van der Waals surface area contributed by atoms with E-state index in [1.165, 1.54) is 6.92 Å². The quantitative estimate of drug-likeness (QED) is 0.746. The van der Waals surface area contributed by atoms with Gasteiger partial charge in [-0.2, -0.15) is 0 Å². The van der Waals surface area contributed by atoms with E-state index in [0.717, 1.165) is 5.69 Å². The lowest BCUT2D eigenvalue weighted by molar-refractivity contribution is -0.120. The maximum Gasteiger partial charge on any atom is 0.226 e. The van der Waals surface area contributed by atoms with E-state index in [4.69, 9.17) is 12.2 Å². The molecule has 0 spiro atoms. The Morgan fingerprint density at radius 3 is 2.05 bits per heavy atom. The summed E-state index contributed by atoms with van der Waals surface area (Å²) in [5.74, 6) is 0.0595. The molecular formula is C14H19N3O2S. The number of nitrogens with one attached hydrogen (secondary N) is 3. The summed E-state index contributed by atoms with van der Waals surface area (Å²) < 4.78 is 0. The van der Waals surface area contributed by atoms with E-state index in [9.17, 15) is 9.59 Å². The first kappa shape index (κ1) is 16.1. The highest BCUT2D eigenvalue weighted by Crippen LogP contribution is 2.13. The predicted molar refractivity (Wildman–Crippen MR) is 84.6 cm³/mol. The molecule has 0 heterocycles. The van der Waals surface area contributed by atoms with Gasteiger partial charge >= 0.3 is 0 Å². The van der Waals surface area contributed by atoms with Gasteiger partial charge in [-0.1, -0.05) is 13.8 Å². The fourth-order valence-corrected chi connectivity index (χ4v) is 1.78. The normalized spacial score (nSPS) is 10.0. The summed E-state index contributed by atoms with van der Waals surface area (Å²) in [5, 5.41) is 8.47. The lowest BCUT2D eigenvalue weighted by Crippen LogP contribution is -2.34. The molecule has 2 amide bonds. The van der Waals surface area contributed by atoms with Crippen LogP contribution in [0.4, 0.5) is 11.4 Å². The minimum absolute atomic E-state index is 0.104. The summed E-state index contributed by atoms with van der Waals surface area (Å²) in [6, 6.07) is 7.04. The van der Waals surface area contributed by atoms with E-state index in [1.807, 2.05) is 13.8 Å². The number of hydrogen-bond acceptors (Lipinski definition) is 3. The Morgan fingerprint density at radius 1 is 1.10 bits per heavy atom. The minimum atomic E-state index is -0.123. The van der Waals surface area contributed by atoms with Gasteiger partial charge in [0.1, 0.15) is 0 Å². The van der Waals surface area contributed by atoms with Crippen molar-refractivity contribution >= 4 is 40.5 Å². The Balaban J connectivity index is 2.50. The van der Waals surface area contributed by atoms with Gasteiger partial charge in [-0.05, 0) is 42.4 Å². The lowest BCUT2D eigenvalue weighted by Gasteiger charge is -2.11. The van der Waals surface area contributed by atoms with Gasteiger partial charge in [0, 0.05) is 24.7 Å². The van der Waals surface area contributed by atoms with Gasteiger partial charge < -0.3 is 16.0 Å². The molecule has 6 heteroatoms. The van der Waals surface area contributed by atoms with Crippen LogP contribution in [0.1, 0.15) is 27.2 Å². The topological polar surface area (TPSA) is 70.2 Å². The Hall–Kier alpha value is -1.95. The first-order valence-electron chi connectivity index (χ1n) is 6.35. The van der Waals surface area contributed by atoms with Crippen LogP contribution in [0.2, 0.25) is 0 Å². The van der Waals surface area contributed by atoms with Crippen LogP contribution in [0.15, 0.2) is 24.3 Å². The molecule has 0 fully saturated rings. The zero-order valence-corrected chi connectivity index (χ0v) is 12.6. The fraction of sp³-hybridized carbons (Fsp3) is 0.357. The molecule has 0 radical (unpaired) electrons. The molecule has 0 saturated heterocycles. The summed E-state index contributed by atoms with van der Waals surface area (Å²) in [6.07, 6.45) is 0.434. The molecule has 0 aliphatic rings. The SMILES string of the molecule is CC(=O)Nc1ccc(NC(=S)NC(=O)CC(C)C)cc1. The highest BCUT2D eigenvalue weighted by Gasteiger charge is 2.07. The molecule has 3 N–H and O–H groups in total. The summed E-state index contributed by atoms with van der Waals surface area (Å²) in [7, 11) is 0. The average molecular weight is 293 g/mol. The molecule has 20 heavy (non-hydrogen) atoms. The number of hydrogen-bond donors (Lipinski definition) is 3. The standard InChI is InChI=1S/C14H19N3O2S/c1-9(2)8-13(19)17-14(20)16-12-6-4-11(5-7-12)15-10(3)18/h4-7,9H,8H2,1-3H3,(H,15,18)(H2,16,17,19,20). The average Bonchev–Trinajstić information content (AvgIpc) is 2.29. The molecule has 0 aliphatic heterocycles. The van der Waals surface area contributed by atoms with Gasteiger partial charge in [-0.25, -0.2) is 0 Å². The molecule has 0 unspecified atom stereocenters. The van der Waals surface area contributed by atoms with Crippen molar-refractivity contribution in [1.29, 1.82) is 0 Å². The van der Waals surface area contributed by atoms with Gasteiger partial charge in [-0.3, -0.25) is 9.59 Å². The fourth-order valence-electron chi connectivity index (χ4n) is 1.55. The van der Waals surface area contributed by atoms with Crippen molar-refractivity contribution in [2.24, 2.45) is 5.92 Å². The van der Waals surface area contributed by atoms with Crippen molar-refractivity contribution in [3.05, 3.63) is 24.3 Å². The number of carbonyl (C=O) groups excluding carboxylic acids is 2. The van der Waals surface area contributed by atoms with Crippen molar-refractivity contribution in [2.45, 2.75) is 27.2 Å². The summed E-state index contributed by atoms with van der Waals surface area (Å²) in [5.41, 5.74) is 1.45. The molecule has 5 nitrogen and oxygen atoms in total. The van der Waals surface area contributed by atoms with Crippen LogP contribution in [-0.4, -0.2) is 16.9 Å². The van der Waals surface area contributed by atoms with E-state index in [0.29, 0.717) is 12.1 Å². The number of thiocarbonyl (C=S) groups is 1. The van der Waals surface area contributed by atoms with Crippen LogP contribution in [0.3, 0.4) is 0 Å². The van der Waals surface area contributed by atoms with Crippen molar-refractivity contribution < 1.29 is 9.59 Å². The van der Waals surface area contributed by atoms with Gasteiger partial charge in [-0.15, -0.1) is 0 Å². The molecule has 0 saturated carbocycles. The van der Waals surface area contributed by atoms with Crippen molar-refractivity contribution in [3.63, 3.8) is 0 Å². The van der Waals surface area contributed by atoms with Crippen LogP contribution >= 0.6 is 12.2 Å². The second kappa shape index (κ2) is 7.59. The van der Waals surface area contributed by atoms with Crippen LogP contribution in [0, 0.1) is 5.92 Å². The zero-order chi connectivity index (χ0) is 15.1. The van der Waals surface area contributed by atoms with Gasteiger partial charge in [0.25, 0.3) is 0 Å². The van der Waals surface area contributed by atoms with Gasteiger partial charge in [0.05, 0.1) is 0 Å². The third kappa shape index (κ3) is 6.29. The number of rotatable bonds is 4. The van der Waals surface area contributed by atoms with Crippen molar-refractivity contribution in [1.82, 2.24) is 5.32 Å². The molecule has 1 rings (SSSR count). The molecule has 108 valence electrons. The smallest absolute Gasteiger partial charge is 0.226 e. The van der Waals surface area contributed by atoms with Gasteiger partial charge in [0.15, 0.2) is 5.11 Å². The summed E-state index contributed by atoms with van der Waals surface area (Å²) in [4.78, 5) is 22.4. The van der Waals surface area contributed by atoms with E-state index < -0.39 is 0 Å². The second-order valence-electron chi connectivity index (χ2n) is 4.86. The Labute approximate surface area is 124 Å². The maximum atomic E-state index is 11.5. The predicted octanol–water partition coefficient (Wildman–Crippen LogP) is 2.50. The Kier molecular flexibility index (Phi) is 6.11. The molecule has 0 bridgehead atoms. The van der Waals surface area contributed by atoms with Gasteiger partial charge in [0.2, 0.25) is 11.8 Å². The van der Waals surface area contributed by atoms with Crippen molar-refractivity contribution in [2.75, 3.05) is 10.6 Å². The largest absolute Gasteiger partial charge is 0.332 e. The number of anilines is 2. The van der Waals surface area contributed by atoms with E-state index in [-0.39, 0.29) is 22.8 Å². The highest BCUT2D eigenvalue weighted by molar-refractivity contribution is 7.80. The summed E-state index contributed by atoms with van der Waals surface area (Å²) >= 11 is 5.06. The van der Waals surface area contributed by atoms with Crippen molar-refractivity contribution in [3.8, 4) is 0 Å². The van der Waals surface area contributed by atoms with E-state index >= 15 is 0 Å². The van der Waals surface area contributed by atoms with E-state index in [2.05, 4.69) is 16.0 Å². The zero-order valence-electron chi connectivity index (χ0n) is 11.8. The molecular weight excluding hydrogens is 274 g/mol. The second-order valence-corrected chi connectivity index (χ2v) is 5.27. The minimum Gasteiger partial charge on any atom is -0.332 e. The number of amides is 2. The van der Waals surface area contributed by atoms with Crippen LogP contribution in [0.25, 0.3) is 0 Å². The molecule has 1 aromatic rings. The third-order valence-corrected chi connectivity index (χ3v) is 2.51.